The van der Waals surface area contributed by atoms with Crippen molar-refractivity contribution in [2.75, 3.05) is 19.0 Å². The predicted octanol–water partition coefficient (Wildman–Crippen LogP) is 19.0. The van der Waals surface area contributed by atoms with Gasteiger partial charge < -0.3 is 55.5 Å². The lowest BCUT2D eigenvalue weighted by atomic mass is 9.79. The Morgan fingerprint density at radius 2 is 1.25 bits per heavy atom. The zero-order valence-corrected chi connectivity index (χ0v) is 71.1. The SMILES string of the molecule is C=C1C[C@H](C[C@@H]2C[C@H](O[Si](C(C)C)(C(C)C)C(C)C)C[C@H](c3coc(/C=C/C[C@H]4O[C@@H](/C(C)=C/c5coc(C[C@]6(O[Si](CC)(CC)CC)C[C@H](OC)C[C@H](CO[Si](CC)(CC)CC)O6)n5)[C@H](C)[C@@H](O[Si](c5ccccc5)(c5ccccc5)c5ccccc5)[C@H]4C)n3)O2)O[C@@H](CC#CC(=O)Nc2ccccc2)C1. The van der Waals surface area contributed by atoms with Crippen LogP contribution in [0.3, 0.4) is 0 Å². The van der Waals surface area contributed by atoms with Crippen molar-refractivity contribution in [1.29, 1.82) is 0 Å². The quantitative estimate of drug-likeness (QED) is 0.0176. The third-order valence-corrected chi connectivity index (χ3v) is 43.7. The summed E-state index contributed by atoms with van der Waals surface area (Å²) in [7, 11) is -7.96. The maximum absolute atomic E-state index is 12.8. The summed E-state index contributed by atoms with van der Waals surface area (Å²) in [5.74, 6) is 5.37. The molecule has 1 N–H and O–H groups in total. The lowest BCUT2D eigenvalue weighted by Crippen LogP contribution is -2.72. The molecule has 13 atom stereocenters. The van der Waals surface area contributed by atoms with E-state index in [1.807, 2.05) is 36.4 Å². The molecule has 1 amide bonds. The van der Waals surface area contributed by atoms with Gasteiger partial charge in [0.2, 0.25) is 14.2 Å². The molecule has 580 valence electrons. The highest BCUT2D eigenvalue weighted by atomic mass is 28.4. The third-order valence-electron chi connectivity index (χ3n) is 24.2. The summed E-state index contributed by atoms with van der Waals surface area (Å²) >= 11 is 0. The van der Waals surface area contributed by atoms with E-state index in [1.54, 1.807) is 19.6 Å². The van der Waals surface area contributed by atoms with Gasteiger partial charge in [0.1, 0.15) is 30.0 Å². The average molecular weight is 1530 g/mol. The molecule has 107 heavy (non-hydrogen) atoms. The summed E-state index contributed by atoms with van der Waals surface area (Å²) in [6.45, 7) is 39.4. The van der Waals surface area contributed by atoms with Gasteiger partial charge in [-0.15, -0.1) is 0 Å². The molecular formula is C88H125N3O12Si4. The van der Waals surface area contributed by atoms with Crippen LogP contribution in [-0.2, 0) is 52.6 Å². The number of hydrogen-bond donors (Lipinski definition) is 1. The summed E-state index contributed by atoms with van der Waals surface area (Å²) < 4.78 is 78.3. The number of nitrogens with one attached hydrogen (secondary N) is 1. The smallest absolute Gasteiger partial charge is 0.300 e. The minimum Gasteiger partial charge on any atom is -0.448 e. The van der Waals surface area contributed by atoms with Gasteiger partial charge in [-0.25, -0.2) is 9.97 Å². The molecule has 2 aromatic heterocycles. The first-order valence-electron chi connectivity index (χ1n) is 40.3. The molecule has 15 nitrogen and oxygen atoms in total. The van der Waals surface area contributed by atoms with Gasteiger partial charge in [0.15, 0.2) is 28.3 Å². The summed E-state index contributed by atoms with van der Waals surface area (Å²) in [4.78, 5) is 23.2. The van der Waals surface area contributed by atoms with Crippen molar-refractivity contribution in [3.63, 3.8) is 0 Å². The number of nitrogens with zero attached hydrogens (tertiary/aromatic N) is 2. The van der Waals surface area contributed by atoms with Crippen LogP contribution in [0.4, 0.5) is 5.69 Å². The number of amides is 1. The molecule has 4 aliphatic heterocycles. The van der Waals surface area contributed by atoms with Gasteiger partial charge in [0, 0.05) is 56.7 Å². The molecule has 0 unspecified atom stereocenters. The zero-order valence-electron chi connectivity index (χ0n) is 67.1. The fraction of sp³-hybridized carbons (Fsp3) is 0.557. The van der Waals surface area contributed by atoms with Crippen LogP contribution in [0.2, 0.25) is 52.9 Å². The molecule has 6 aromatic rings. The molecule has 0 bridgehead atoms. The number of rotatable bonds is 34. The fourth-order valence-electron chi connectivity index (χ4n) is 18.1. The molecule has 0 aliphatic carbocycles. The monoisotopic (exact) mass is 1530 g/mol. The molecule has 4 aromatic carbocycles. The lowest BCUT2D eigenvalue weighted by Gasteiger charge is -2.49. The Morgan fingerprint density at radius 3 is 1.83 bits per heavy atom. The van der Waals surface area contributed by atoms with E-state index in [0.717, 1.165) is 72.4 Å². The van der Waals surface area contributed by atoms with E-state index in [0.29, 0.717) is 91.3 Å². The van der Waals surface area contributed by atoms with Crippen LogP contribution in [0.15, 0.2) is 166 Å². The van der Waals surface area contributed by atoms with Crippen molar-refractivity contribution >= 4 is 72.6 Å². The average Bonchev–Trinajstić information content (AvgIpc) is 0.903. The van der Waals surface area contributed by atoms with E-state index in [2.05, 4.69) is 231 Å². The van der Waals surface area contributed by atoms with Crippen LogP contribution in [0, 0.1) is 23.7 Å². The van der Waals surface area contributed by atoms with Gasteiger partial charge in [-0.1, -0.05) is 230 Å². The van der Waals surface area contributed by atoms with Crippen molar-refractivity contribution in [2.24, 2.45) is 11.8 Å². The Labute approximate surface area is 645 Å². The maximum Gasteiger partial charge on any atom is 0.300 e. The zero-order chi connectivity index (χ0) is 76.5. The van der Waals surface area contributed by atoms with Crippen molar-refractivity contribution in [2.45, 2.75) is 288 Å². The van der Waals surface area contributed by atoms with Crippen molar-refractivity contribution in [3.8, 4) is 11.8 Å². The second-order valence-corrected chi connectivity index (χ2v) is 50.1. The molecule has 19 heteroatoms. The van der Waals surface area contributed by atoms with Gasteiger partial charge >= 0.3 is 0 Å². The molecule has 0 radical (unpaired) electrons. The van der Waals surface area contributed by atoms with E-state index >= 15 is 0 Å². The summed E-state index contributed by atoms with van der Waals surface area (Å²) in [5, 5.41) is 6.38. The number of aromatic nitrogens is 2. The topological polar surface area (TPSA) is 164 Å². The minimum absolute atomic E-state index is 0.0643. The Hall–Kier alpha value is -5.94. The highest BCUT2D eigenvalue weighted by Crippen LogP contribution is 2.48. The van der Waals surface area contributed by atoms with Gasteiger partial charge in [0.05, 0.1) is 68.0 Å². The van der Waals surface area contributed by atoms with Gasteiger partial charge in [-0.3, -0.25) is 4.79 Å². The highest BCUT2D eigenvalue weighted by Gasteiger charge is 2.53. The molecule has 0 saturated carbocycles. The van der Waals surface area contributed by atoms with E-state index in [-0.39, 0.29) is 78.8 Å². The third kappa shape index (κ3) is 20.4. The maximum atomic E-state index is 12.8. The Kier molecular flexibility index (Phi) is 29.9. The standard InChI is InChI=1S/C88H125N3O12Si4/c1-18-104(19-2,20-3)96-60-76-55-75(93-17)57-88(100-76,103-105(21-4,22-5)23-6)58-85-90-70(59-94-85)52-66(14)86-68(16)87(102-107(77-41-30-25-31-42-77,78-43-32-26-33-44-78)79-45-34-27-35-46-79)67(15)81(99-86)47-37-49-84-91-80(61-95-84)82-56-74(101-106(62(7)8,63(9)10)64(11)12)54-73(98-82)53-72-51-65(13)50-71(97-72)40-36-48-83(92)89-69-38-28-24-29-39-69/h24-35,37-39,41-46,49,52,59,61-64,67-68,71-76,81-82,86-87H,13,18-23,40,47,50-51,53-58,60H2,1-12,14-17H3,(H,89,92)/b49-37+,66-52+/t67-,68-,71-,72+,73+,74-,75+,76+,81+,82+,86-,87-,88+/m0/s1. The molecule has 6 heterocycles. The van der Waals surface area contributed by atoms with Crippen molar-refractivity contribution in [3.05, 3.63) is 181 Å². The molecule has 4 saturated heterocycles. The van der Waals surface area contributed by atoms with Crippen LogP contribution < -0.4 is 20.9 Å². The van der Waals surface area contributed by atoms with E-state index in [4.69, 9.17) is 60.2 Å². The van der Waals surface area contributed by atoms with Crippen LogP contribution in [0.1, 0.15) is 191 Å². The van der Waals surface area contributed by atoms with Crippen LogP contribution in [-0.4, -0.2) is 124 Å². The van der Waals surface area contributed by atoms with E-state index in [9.17, 15) is 4.79 Å². The number of hydrogen-bond acceptors (Lipinski definition) is 14. The van der Waals surface area contributed by atoms with Crippen LogP contribution >= 0.6 is 0 Å². The van der Waals surface area contributed by atoms with E-state index < -0.39 is 39.1 Å². The largest absolute Gasteiger partial charge is 0.448 e. The molecule has 4 aliphatic rings. The van der Waals surface area contributed by atoms with Gasteiger partial charge in [-0.2, -0.15) is 0 Å². The van der Waals surface area contributed by atoms with Crippen LogP contribution in [0.5, 0.6) is 0 Å². The number of ether oxygens (including phenoxy) is 5. The van der Waals surface area contributed by atoms with Crippen LogP contribution in [0.25, 0.3) is 12.2 Å². The lowest BCUT2D eigenvalue weighted by molar-refractivity contribution is -0.269. The summed E-state index contributed by atoms with van der Waals surface area (Å²) in [6, 6.07) is 48.0. The Bertz CT molecular complexity index is 3730. The van der Waals surface area contributed by atoms with Crippen molar-refractivity contribution < 1.29 is 55.0 Å². The number of carbonyl (C=O) groups excluding carboxylic acids is 1. The summed E-state index contributed by atoms with van der Waals surface area (Å²) in [5.41, 5.74) is 5.47. The second-order valence-electron chi connectivity index (χ2n) is 31.9. The first-order valence-corrected chi connectivity index (χ1v) is 49.4. The number of oxazole rings is 2. The number of methoxy groups -OCH3 is 1. The first-order chi connectivity index (χ1) is 51.5. The Balaban J connectivity index is 0.936. The number of anilines is 1. The number of para-hydroxylation sites is 1. The van der Waals surface area contributed by atoms with Gasteiger partial charge in [-0.05, 0) is 137 Å². The molecular weight excluding hydrogens is 1400 g/mol. The Morgan fingerprint density at radius 1 is 0.673 bits per heavy atom. The van der Waals surface area contributed by atoms with Gasteiger partial charge in [0.25, 0.3) is 14.2 Å². The van der Waals surface area contributed by atoms with Crippen molar-refractivity contribution in [1.82, 2.24) is 9.97 Å². The molecule has 0 spiro atoms. The fourth-order valence-corrected chi connectivity index (χ4v) is 33.5. The minimum atomic E-state index is -3.25. The highest BCUT2D eigenvalue weighted by molar-refractivity contribution is 7.07. The molecule has 4 fully saturated rings. The first kappa shape index (κ1) is 83.5. The van der Waals surface area contributed by atoms with E-state index in [1.165, 1.54) is 15.6 Å². The number of carbonyl (C=O) groups is 1. The second kappa shape index (κ2) is 38.3. The molecule has 10 rings (SSSR count). The normalized spacial score (nSPS) is 25.7. The number of benzene rings is 4. The predicted molar refractivity (Wildman–Crippen MR) is 441 cm³/mol. The summed E-state index contributed by atoms with van der Waals surface area (Å²) in [6.07, 6.45) is 13.6.